The van der Waals surface area contributed by atoms with Crippen LogP contribution < -0.4 is 4.90 Å². The van der Waals surface area contributed by atoms with E-state index >= 15 is 0 Å². The van der Waals surface area contributed by atoms with Gasteiger partial charge in [0.1, 0.15) is 35.2 Å². The molecule has 0 saturated carbocycles. The molecule has 0 unspecified atom stereocenters. The fraction of sp³-hybridized carbons (Fsp3) is 0.182. The second-order valence-electron chi connectivity index (χ2n) is 7.23. The van der Waals surface area contributed by atoms with E-state index in [2.05, 4.69) is 39.9 Å². The van der Waals surface area contributed by atoms with Crippen molar-refractivity contribution < 1.29 is 8.83 Å². The van der Waals surface area contributed by atoms with E-state index in [0.29, 0.717) is 17.8 Å². The van der Waals surface area contributed by atoms with Gasteiger partial charge in [-0.15, -0.1) is 0 Å². The van der Waals surface area contributed by atoms with Gasteiger partial charge in [-0.3, -0.25) is 0 Å². The molecule has 0 saturated heterocycles. The van der Waals surface area contributed by atoms with Gasteiger partial charge in [-0.2, -0.15) is 0 Å². The minimum absolute atomic E-state index is 0.651. The van der Waals surface area contributed by atoms with E-state index in [1.165, 1.54) is 6.33 Å². The number of rotatable bonds is 6. The van der Waals surface area contributed by atoms with Crippen molar-refractivity contribution >= 4 is 28.1 Å². The molecule has 166 valence electrons. The van der Waals surface area contributed by atoms with Crippen LogP contribution in [0.4, 0.5) is 5.82 Å². The summed E-state index contributed by atoms with van der Waals surface area (Å²) < 4.78 is 10.6. The summed E-state index contributed by atoms with van der Waals surface area (Å²) in [6.07, 6.45) is 11.3. The van der Waals surface area contributed by atoms with Gasteiger partial charge in [-0.05, 0) is 30.7 Å². The number of aromatic nitrogens is 8. The molecule has 0 aromatic carbocycles. The van der Waals surface area contributed by atoms with Gasteiger partial charge in [0.05, 0.1) is 37.4 Å². The van der Waals surface area contributed by atoms with Gasteiger partial charge in [-0.1, -0.05) is 0 Å². The summed E-state index contributed by atoms with van der Waals surface area (Å²) in [4.78, 5) is 32.9. The predicted molar refractivity (Wildman–Crippen MR) is 120 cm³/mol. The number of aromatic amines is 2. The van der Waals surface area contributed by atoms with Crippen molar-refractivity contribution in [2.24, 2.45) is 0 Å². The zero-order valence-electron chi connectivity index (χ0n) is 17.8. The first-order valence-electron chi connectivity index (χ1n) is 10.3. The molecular weight excluding hydrogens is 422 g/mol. The van der Waals surface area contributed by atoms with Gasteiger partial charge in [0.25, 0.3) is 0 Å². The quantitative estimate of drug-likeness (QED) is 0.397. The van der Waals surface area contributed by atoms with Gasteiger partial charge in [0.15, 0.2) is 17.1 Å². The lowest BCUT2D eigenvalue weighted by Crippen LogP contribution is -2.17. The Hall–Kier alpha value is -4.54. The van der Waals surface area contributed by atoms with Crippen LogP contribution in [-0.2, 0) is 19.4 Å². The molecule has 0 atom stereocenters. The maximum atomic E-state index is 5.31. The predicted octanol–water partition coefficient (Wildman–Crippen LogP) is 3.31. The second-order valence-corrected chi connectivity index (χ2v) is 7.23. The number of aryl methyl sites for hydroxylation is 2. The first-order chi connectivity index (χ1) is 16.3. The van der Waals surface area contributed by atoms with E-state index in [-0.39, 0.29) is 0 Å². The van der Waals surface area contributed by atoms with Crippen LogP contribution in [0.15, 0.2) is 70.9 Å². The molecule has 33 heavy (non-hydrogen) atoms. The average Bonchev–Trinajstić information content (AvgIpc) is 3.64. The van der Waals surface area contributed by atoms with E-state index in [1.54, 1.807) is 31.5 Å². The zero-order chi connectivity index (χ0) is 22.5. The summed E-state index contributed by atoms with van der Waals surface area (Å²) in [6, 6.07) is 7.66. The van der Waals surface area contributed by atoms with Crippen molar-refractivity contribution in [1.82, 2.24) is 39.9 Å². The number of fused-ring (bicyclic) bond motifs is 2. The minimum atomic E-state index is 0.651. The summed E-state index contributed by atoms with van der Waals surface area (Å²) in [5, 5.41) is 0. The molecular formula is C22H21N9O2. The first kappa shape index (κ1) is 20.4. The largest absolute Gasteiger partial charge is 0.469 e. The Morgan fingerprint density at radius 1 is 0.758 bits per heavy atom. The van der Waals surface area contributed by atoms with E-state index in [0.717, 1.165) is 46.9 Å². The highest BCUT2D eigenvalue weighted by molar-refractivity contribution is 5.82. The number of nitrogens with one attached hydrogen (secondary N) is 2. The van der Waals surface area contributed by atoms with Crippen molar-refractivity contribution in [1.29, 1.82) is 0 Å². The number of anilines is 1. The lowest BCUT2D eigenvalue weighted by Gasteiger charge is -2.16. The molecule has 0 amide bonds. The number of hydrogen-bond acceptors (Lipinski definition) is 9. The summed E-state index contributed by atoms with van der Waals surface area (Å²) in [5.74, 6) is 2.66. The number of furan rings is 2. The topological polar surface area (TPSA) is 138 Å². The van der Waals surface area contributed by atoms with E-state index < -0.39 is 0 Å². The summed E-state index contributed by atoms with van der Waals surface area (Å²) in [5.41, 5.74) is 4.10. The van der Waals surface area contributed by atoms with Gasteiger partial charge in [0.2, 0.25) is 0 Å². The van der Waals surface area contributed by atoms with Crippen LogP contribution in [-0.4, -0.2) is 46.9 Å². The third kappa shape index (κ3) is 4.56. The van der Waals surface area contributed by atoms with Gasteiger partial charge in [0, 0.05) is 13.5 Å². The average molecular weight is 443 g/mol. The van der Waals surface area contributed by atoms with Crippen LogP contribution in [0.25, 0.3) is 22.3 Å². The maximum absolute atomic E-state index is 5.31. The van der Waals surface area contributed by atoms with Crippen LogP contribution in [0, 0.1) is 0 Å². The van der Waals surface area contributed by atoms with Crippen molar-refractivity contribution in [2.45, 2.75) is 19.4 Å². The number of imidazole rings is 2. The first-order valence-corrected chi connectivity index (χ1v) is 10.3. The molecule has 11 nitrogen and oxygen atoms in total. The smallest absolute Gasteiger partial charge is 0.182 e. The lowest BCUT2D eigenvalue weighted by atomic mass is 10.2. The van der Waals surface area contributed by atoms with Crippen LogP contribution >= 0.6 is 0 Å². The van der Waals surface area contributed by atoms with Crippen molar-refractivity contribution in [3.63, 3.8) is 0 Å². The molecule has 6 aromatic heterocycles. The van der Waals surface area contributed by atoms with Crippen LogP contribution in [0.3, 0.4) is 0 Å². The van der Waals surface area contributed by atoms with E-state index in [4.69, 9.17) is 8.83 Å². The molecule has 6 heterocycles. The molecule has 0 aliphatic rings. The molecule has 0 fully saturated rings. The normalized spacial score (nSPS) is 10.9. The number of nitrogens with zero attached hydrogens (tertiary/aromatic N) is 7. The molecule has 6 aromatic rings. The minimum Gasteiger partial charge on any atom is -0.469 e. The summed E-state index contributed by atoms with van der Waals surface area (Å²) in [6.45, 7) is 0.651. The number of hydrogen-bond donors (Lipinski definition) is 2. The molecule has 0 spiro atoms. The zero-order valence-corrected chi connectivity index (χ0v) is 17.8. The van der Waals surface area contributed by atoms with Gasteiger partial charge < -0.3 is 23.7 Å². The van der Waals surface area contributed by atoms with E-state index in [1.807, 2.05) is 36.2 Å². The standard InChI is InChI=1S/C11H11N5O.C11H10N4O/c1-16(5-8-3-2-4-17-8)11-9-10(13-6-12-9)14-7-15-11;1-2-8(16-5-1)3-4-9-10-11(14-6-12-9)15-7-13-10/h2-4,6-7H,5H2,1H3,(H,12,13,14,15);1-2,5-7H,3-4H2,(H,12,13,14,15). The van der Waals surface area contributed by atoms with Gasteiger partial charge in [-0.25, -0.2) is 29.9 Å². The van der Waals surface area contributed by atoms with Crippen molar-refractivity contribution in [3.8, 4) is 0 Å². The van der Waals surface area contributed by atoms with Crippen molar-refractivity contribution in [2.75, 3.05) is 11.9 Å². The molecule has 0 aliphatic carbocycles. The second kappa shape index (κ2) is 9.30. The SMILES string of the molecule is CN(Cc1ccco1)c1ncnc2nc[nH]c12.c1coc(CCc2ncnc3nc[nH]c23)c1. The van der Waals surface area contributed by atoms with Crippen LogP contribution in [0.1, 0.15) is 17.2 Å². The van der Waals surface area contributed by atoms with Crippen molar-refractivity contribution in [3.05, 3.63) is 79.3 Å². The fourth-order valence-corrected chi connectivity index (χ4v) is 3.45. The molecule has 11 heteroatoms. The molecule has 0 bridgehead atoms. The molecule has 0 radical (unpaired) electrons. The maximum Gasteiger partial charge on any atom is 0.182 e. The highest BCUT2D eigenvalue weighted by Gasteiger charge is 2.11. The fourth-order valence-electron chi connectivity index (χ4n) is 3.45. The summed E-state index contributed by atoms with van der Waals surface area (Å²) in [7, 11) is 1.95. The highest BCUT2D eigenvalue weighted by Crippen LogP contribution is 2.20. The molecule has 2 N–H and O–H groups in total. The monoisotopic (exact) mass is 443 g/mol. The Kier molecular flexibility index (Phi) is 5.74. The Morgan fingerprint density at radius 2 is 1.42 bits per heavy atom. The lowest BCUT2D eigenvalue weighted by molar-refractivity contribution is 0.507. The summed E-state index contributed by atoms with van der Waals surface area (Å²) >= 11 is 0. The number of H-pyrrole nitrogens is 2. The Balaban J connectivity index is 0.000000139. The van der Waals surface area contributed by atoms with E-state index in [9.17, 15) is 0 Å². The van der Waals surface area contributed by atoms with Gasteiger partial charge >= 0.3 is 0 Å². The molecule has 6 rings (SSSR count). The Morgan fingerprint density at radius 3 is 2.15 bits per heavy atom. The third-order valence-electron chi connectivity index (χ3n) is 5.03. The Labute approximate surface area is 188 Å². The van der Waals surface area contributed by atoms with Crippen LogP contribution in [0.2, 0.25) is 0 Å². The molecule has 0 aliphatic heterocycles. The Bertz CT molecular complexity index is 1420. The van der Waals surface area contributed by atoms with Crippen LogP contribution in [0.5, 0.6) is 0 Å². The highest BCUT2D eigenvalue weighted by atomic mass is 16.3. The third-order valence-corrected chi connectivity index (χ3v) is 5.03.